The monoisotopic (exact) mass is 415 g/mol. The lowest BCUT2D eigenvalue weighted by molar-refractivity contribution is 0.101. The van der Waals surface area contributed by atoms with Crippen LogP contribution in [0.5, 0.6) is 5.75 Å². The molecule has 0 radical (unpaired) electrons. The van der Waals surface area contributed by atoms with Gasteiger partial charge in [-0.05, 0) is 40.5 Å². The molecule has 2 rings (SSSR count). The summed E-state index contributed by atoms with van der Waals surface area (Å²) < 4.78 is 6.85. The summed E-state index contributed by atoms with van der Waals surface area (Å²) in [4.78, 5) is 12.2. The minimum absolute atomic E-state index is 0.0104. The molecule has 0 atom stereocenters. The van der Waals surface area contributed by atoms with Crippen LogP contribution >= 0.6 is 39.0 Å². The molecule has 8 heteroatoms. The number of rotatable bonds is 9. The molecule has 0 aliphatic rings. The number of ether oxygens (including phenoxy) is 1. The second kappa shape index (κ2) is 9.24. The molecule has 5 nitrogen and oxygen atoms in total. The number of thioether (sulfide) groups is 1. The lowest BCUT2D eigenvalue weighted by Crippen LogP contribution is -2.13. The smallest absolute Gasteiger partial charge is 0.206 e. The highest BCUT2D eigenvalue weighted by Gasteiger charge is 2.11. The fraction of sp³-hybridized carbons (Fsp3) is 0.400. The first kappa shape index (κ1) is 18.2. The number of nitrogens with zero attached hydrogens (tertiary/aromatic N) is 2. The van der Waals surface area contributed by atoms with Gasteiger partial charge in [0.25, 0.3) is 0 Å². The lowest BCUT2D eigenvalue weighted by atomic mass is 10.1. The lowest BCUT2D eigenvalue weighted by Gasteiger charge is -2.06. The predicted octanol–water partition coefficient (Wildman–Crippen LogP) is 4.50. The highest BCUT2D eigenvalue weighted by Crippen LogP contribution is 2.27. The van der Waals surface area contributed by atoms with Gasteiger partial charge in [-0.2, -0.15) is 0 Å². The standard InChI is InChI=1S/C15H18BrN3O2S2/c1-3-4-7-22-15-19-18-14(23-15)17-9-12(20)10-5-6-13(21-2)11(16)8-10/h5-6,8H,3-4,7,9H2,1-2H3,(H,17,18). The molecule has 0 spiro atoms. The molecular weight excluding hydrogens is 398 g/mol. The van der Waals surface area contributed by atoms with E-state index in [0.29, 0.717) is 16.4 Å². The number of halogens is 1. The average Bonchev–Trinajstić information content (AvgIpc) is 3.00. The van der Waals surface area contributed by atoms with E-state index in [1.54, 1.807) is 37.1 Å². The van der Waals surface area contributed by atoms with E-state index in [4.69, 9.17) is 4.74 Å². The van der Waals surface area contributed by atoms with Gasteiger partial charge in [-0.15, -0.1) is 10.2 Å². The van der Waals surface area contributed by atoms with Gasteiger partial charge in [0.05, 0.1) is 18.1 Å². The highest BCUT2D eigenvalue weighted by molar-refractivity contribution is 9.10. The average molecular weight is 416 g/mol. The van der Waals surface area contributed by atoms with Crippen molar-refractivity contribution >= 4 is 49.9 Å². The number of Topliss-reactive ketones (excluding diaryl/α,β-unsaturated/α-hetero) is 1. The Hall–Kier alpha value is -1.12. The van der Waals surface area contributed by atoms with Gasteiger partial charge in [-0.25, -0.2) is 0 Å². The normalized spacial score (nSPS) is 10.6. The second-order valence-electron chi connectivity index (χ2n) is 4.70. The van der Waals surface area contributed by atoms with Crippen molar-refractivity contribution in [2.45, 2.75) is 24.1 Å². The van der Waals surface area contributed by atoms with Gasteiger partial charge in [-0.1, -0.05) is 36.4 Å². The number of benzene rings is 1. The number of unbranched alkanes of at least 4 members (excludes halogenated alkanes) is 1. The van der Waals surface area contributed by atoms with Crippen LogP contribution in [-0.2, 0) is 0 Å². The van der Waals surface area contributed by atoms with Crippen LogP contribution < -0.4 is 10.1 Å². The number of ketones is 1. The van der Waals surface area contributed by atoms with E-state index in [1.807, 2.05) is 0 Å². The molecule has 0 saturated carbocycles. The van der Waals surface area contributed by atoms with Crippen LogP contribution in [-0.4, -0.2) is 35.4 Å². The van der Waals surface area contributed by atoms with Crippen molar-refractivity contribution in [3.8, 4) is 5.75 Å². The molecule has 23 heavy (non-hydrogen) atoms. The van der Waals surface area contributed by atoms with Crippen LogP contribution in [0.25, 0.3) is 0 Å². The zero-order valence-corrected chi connectivity index (χ0v) is 16.2. The number of carbonyl (C=O) groups excluding carboxylic acids is 1. The molecule has 1 aromatic heterocycles. The number of carbonyl (C=O) groups is 1. The molecule has 0 saturated heterocycles. The Morgan fingerprint density at radius 2 is 2.26 bits per heavy atom. The maximum Gasteiger partial charge on any atom is 0.206 e. The molecule has 0 unspecified atom stereocenters. The SMILES string of the molecule is CCCCSc1nnc(NCC(=O)c2ccc(OC)c(Br)c2)s1. The van der Waals surface area contributed by atoms with Crippen LogP contribution in [0.4, 0.5) is 5.13 Å². The molecule has 2 aromatic rings. The third kappa shape index (κ3) is 5.47. The molecule has 124 valence electrons. The largest absolute Gasteiger partial charge is 0.496 e. The van der Waals surface area contributed by atoms with Gasteiger partial charge in [0.1, 0.15) is 5.75 Å². The Labute approximate surface area is 152 Å². The molecule has 1 aromatic carbocycles. The third-order valence-corrected chi connectivity index (χ3v) is 5.72. The third-order valence-electron chi connectivity index (χ3n) is 3.00. The van der Waals surface area contributed by atoms with E-state index >= 15 is 0 Å². The minimum atomic E-state index is -0.0104. The summed E-state index contributed by atoms with van der Waals surface area (Å²) >= 11 is 6.56. The molecule has 1 N–H and O–H groups in total. The first-order valence-corrected chi connectivity index (χ1v) is 9.80. The number of hydrogen-bond donors (Lipinski definition) is 1. The van der Waals surface area contributed by atoms with E-state index in [1.165, 1.54) is 17.8 Å². The molecule has 0 aliphatic carbocycles. The Kier molecular flexibility index (Phi) is 7.32. The fourth-order valence-corrected chi connectivity index (χ4v) is 4.18. The minimum Gasteiger partial charge on any atom is -0.496 e. The van der Waals surface area contributed by atoms with Crippen molar-refractivity contribution in [1.82, 2.24) is 10.2 Å². The van der Waals surface area contributed by atoms with E-state index in [2.05, 4.69) is 38.4 Å². The van der Waals surface area contributed by atoms with E-state index in [-0.39, 0.29) is 12.3 Å². The summed E-state index contributed by atoms with van der Waals surface area (Å²) in [5.41, 5.74) is 0.618. The van der Waals surface area contributed by atoms with E-state index < -0.39 is 0 Å². The van der Waals surface area contributed by atoms with Crippen molar-refractivity contribution in [2.24, 2.45) is 0 Å². The number of hydrogen-bond acceptors (Lipinski definition) is 7. The van der Waals surface area contributed by atoms with Crippen molar-refractivity contribution in [1.29, 1.82) is 0 Å². The highest BCUT2D eigenvalue weighted by atomic mass is 79.9. The zero-order chi connectivity index (χ0) is 16.7. The Morgan fingerprint density at radius 1 is 1.43 bits per heavy atom. The topological polar surface area (TPSA) is 64.1 Å². The summed E-state index contributed by atoms with van der Waals surface area (Å²) in [6.07, 6.45) is 2.33. The van der Waals surface area contributed by atoms with Gasteiger partial charge in [0.15, 0.2) is 10.1 Å². The first-order valence-electron chi connectivity index (χ1n) is 7.21. The number of aromatic nitrogens is 2. The molecular formula is C15H18BrN3O2S2. The second-order valence-corrected chi connectivity index (χ2v) is 7.88. The van der Waals surface area contributed by atoms with E-state index in [0.717, 1.165) is 21.0 Å². The van der Waals surface area contributed by atoms with Gasteiger partial charge in [0.2, 0.25) is 5.13 Å². The van der Waals surface area contributed by atoms with Gasteiger partial charge in [0, 0.05) is 11.3 Å². The quantitative estimate of drug-likeness (QED) is 0.369. The number of methoxy groups -OCH3 is 1. The Bertz CT molecular complexity index is 664. The zero-order valence-electron chi connectivity index (χ0n) is 13.0. The molecule has 0 aliphatic heterocycles. The molecule has 1 heterocycles. The molecule has 0 bridgehead atoms. The fourth-order valence-electron chi connectivity index (χ4n) is 1.74. The maximum atomic E-state index is 12.2. The van der Waals surface area contributed by atoms with E-state index in [9.17, 15) is 4.79 Å². The summed E-state index contributed by atoms with van der Waals surface area (Å²) in [6.45, 7) is 2.35. The summed E-state index contributed by atoms with van der Waals surface area (Å²) in [7, 11) is 1.59. The summed E-state index contributed by atoms with van der Waals surface area (Å²) in [6, 6.07) is 5.28. The predicted molar refractivity (Wildman–Crippen MR) is 99.1 cm³/mol. The van der Waals surface area contributed by atoms with Crippen LogP contribution in [0.1, 0.15) is 30.1 Å². The summed E-state index contributed by atoms with van der Waals surface area (Å²) in [5, 5.41) is 11.9. The van der Waals surface area contributed by atoms with Gasteiger partial charge in [-0.3, -0.25) is 4.79 Å². The van der Waals surface area contributed by atoms with Crippen LogP contribution in [0.3, 0.4) is 0 Å². The van der Waals surface area contributed by atoms with Gasteiger partial charge < -0.3 is 10.1 Å². The Morgan fingerprint density at radius 3 is 2.96 bits per heavy atom. The van der Waals surface area contributed by atoms with Crippen molar-refractivity contribution < 1.29 is 9.53 Å². The molecule has 0 amide bonds. The van der Waals surface area contributed by atoms with Crippen LogP contribution in [0.2, 0.25) is 0 Å². The van der Waals surface area contributed by atoms with Crippen molar-refractivity contribution in [3.05, 3.63) is 28.2 Å². The van der Waals surface area contributed by atoms with Crippen molar-refractivity contribution in [3.63, 3.8) is 0 Å². The van der Waals surface area contributed by atoms with Crippen molar-refractivity contribution in [2.75, 3.05) is 24.7 Å². The van der Waals surface area contributed by atoms with Crippen LogP contribution in [0, 0.1) is 0 Å². The number of nitrogens with one attached hydrogen (secondary N) is 1. The summed E-state index contributed by atoms with van der Waals surface area (Å²) in [5.74, 6) is 1.74. The van der Waals surface area contributed by atoms with Gasteiger partial charge >= 0.3 is 0 Å². The number of anilines is 1. The maximum absolute atomic E-state index is 12.2. The first-order chi connectivity index (χ1) is 11.1. The Balaban J connectivity index is 1.88. The van der Waals surface area contributed by atoms with Crippen LogP contribution in [0.15, 0.2) is 27.0 Å². The molecule has 0 fully saturated rings.